The average Bonchev–Trinajstić information content (AvgIpc) is 2.75. The Morgan fingerprint density at radius 1 is 1.15 bits per heavy atom. The Kier molecular flexibility index (Phi) is 6.71. The molecule has 3 aromatic rings. The Hall–Kier alpha value is -2.51. The summed E-state index contributed by atoms with van der Waals surface area (Å²) in [7, 11) is 0. The van der Waals surface area contributed by atoms with Crippen LogP contribution in [0.1, 0.15) is 63.2 Å². The van der Waals surface area contributed by atoms with Gasteiger partial charge in [0.2, 0.25) is 0 Å². The summed E-state index contributed by atoms with van der Waals surface area (Å²) in [4.78, 5) is 22.9. The molecule has 1 atom stereocenters. The van der Waals surface area contributed by atoms with Gasteiger partial charge in [0.25, 0.3) is 0 Å². The van der Waals surface area contributed by atoms with Crippen LogP contribution < -0.4 is 4.74 Å². The normalized spacial score (nSPS) is 14.3. The smallest absolute Gasteiger partial charge is 0.340 e. The molecule has 0 N–H and O–H groups in total. The first-order valence-corrected chi connectivity index (χ1v) is 12.4. The van der Waals surface area contributed by atoms with Crippen LogP contribution in [0.25, 0.3) is 22.0 Å². The molecule has 0 spiro atoms. The lowest BCUT2D eigenvalue weighted by Crippen LogP contribution is -2.31. The molecule has 180 valence electrons. The maximum absolute atomic E-state index is 13.4. The number of hydrogen-bond donors (Lipinski definition) is 0. The van der Waals surface area contributed by atoms with Crippen molar-refractivity contribution >= 4 is 32.8 Å². The highest BCUT2D eigenvalue weighted by atomic mass is 79.9. The summed E-state index contributed by atoms with van der Waals surface area (Å²) in [6.07, 6.45) is 1.43. The summed E-state index contributed by atoms with van der Waals surface area (Å²) >= 11 is 3.77. The Morgan fingerprint density at radius 3 is 2.56 bits per heavy atom. The number of rotatable bonds is 5. The minimum Gasteiger partial charge on any atom is -0.493 e. The van der Waals surface area contributed by atoms with Crippen molar-refractivity contribution in [2.45, 2.75) is 72.7 Å². The third-order valence-electron chi connectivity index (χ3n) is 5.67. The van der Waals surface area contributed by atoms with Gasteiger partial charge in [0.15, 0.2) is 6.10 Å². The van der Waals surface area contributed by atoms with Gasteiger partial charge in [-0.3, -0.25) is 9.97 Å². The summed E-state index contributed by atoms with van der Waals surface area (Å²) in [5, 5.41) is 1.01. The van der Waals surface area contributed by atoms with E-state index in [2.05, 4.69) is 15.9 Å². The fourth-order valence-electron chi connectivity index (χ4n) is 4.40. The molecule has 34 heavy (non-hydrogen) atoms. The number of ether oxygens (including phenoxy) is 3. The monoisotopic (exact) mass is 526 g/mol. The molecular formula is C27H31BrN2O4. The van der Waals surface area contributed by atoms with E-state index < -0.39 is 17.7 Å². The zero-order valence-corrected chi connectivity index (χ0v) is 22.4. The molecule has 6 nitrogen and oxygen atoms in total. The largest absolute Gasteiger partial charge is 0.493 e. The van der Waals surface area contributed by atoms with E-state index in [0.29, 0.717) is 17.9 Å². The van der Waals surface area contributed by atoms with Gasteiger partial charge in [-0.2, -0.15) is 0 Å². The molecule has 0 unspecified atom stereocenters. The summed E-state index contributed by atoms with van der Waals surface area (Å²) in [6.45, 7) is 13.9. The molecule has 7 heteroatoms. The maximum atomic E-state index is 13.4. The highest BCUT2D eigenvalue weighted by Gasteiger charge is 2.35. The molecule has 0 saturated carbocycles. The van der Waals surface area contributed by atoms with Crippen molar-refractivity contribution in [1.29, 1.82) is 0 Å². The van der Waals surface area contributed by atoms with E-state index in [1.165, 1.54) is 5.56 Å². The van der Waals surface area contributed by atoms with E-state index in [1.54, 1.807) is 0 Å². The van der Waals surface area contributed by atoms with Gasteiger partial charge in [0.05, 0.1) is 29.5 Å². The zero-order valence-electron chi connectivity index (χ0n) is 20.8. The molecular weight excluding hydrogens is 496 g/mol. The minimum absolute atomic E-state index is 0.275. The fraction of sp³-hybridized carbons (Fsp3) is 0.444. The molecule has 4 rings (SSSR count). The molecule has 1 aliphatic rings. The second-order valence-corrected chi connectivity index (χ2v) is 10.7. The van der Waals surface area contributed by atoms with Crippen LogP contribution in [0.2, 0.25) is 0 Å². The van der Waals surface area contributed by atoms with Crippen LogP contribution in [0, 0.1) is 13.8 Å². The summed E-state index contributed by atoms with van der Waals surface area (Å²) < 4.78 is 18.7. The van der Waals surface area contributed by atoms with Crippen LogP contribution in [0.5, 0.6) is 5.75 Å². The lowest BCUT2D eigenvalue weighted by Gasteiger charge is -2.30. The topological polar surface area (TPSA) is 70.5 Å². The number of carbonyl (C=O) groups is 1. The van der Waals surface area contributed by atoms with E-state index in [0.717, 1.165) is 44.4 Å². The van der Waals surface area contributed by atoms with Crippen LogP contribution >= 0.6 is 15.9 Å². The second kappa shape index (κ2) is 9.27. The van der Waals surface area contributed by atoms with Gasteiger partial charge >= 0.3 is 5.97 Å². The number of esters is 1. The van der Waals surface area contributed by atoms with E-state index >= 15 is 0 Å². The number of aryl methyl sites for hydroxylation is 2. The number of pyridine rings is 2. The number of halogens is 1. The number of benzene rings is 1. The molecule has 0 amide bonds. The quantitative estimate of drug-likeness (QED) is 0.357. The molecule has 1 aromatic carbocycles. The van der Waals surface area contributed by atoms with E-state index in [4.69, 9.17) is 24.2 Å². The lowest BCUT2D eigenvalue weighted by atomic mass is 9.90. The predicted molar refractivity (Wildman–Crippen MR) is 136 cm³/mol. The van der Waals surface area contributed by atoms with Crippen LogP contribution in [0.3, 0.4) is 0 Å². The lowest BCUT2D eigenvalue weighted by molar-refractivity contribution is -0.171. The number of nitrogens with zero attached hydrogens (tertiary/aromatic N) is 2. The van der Waals surface area contributed by atoms with Crippen molar-refractivity contribution < 1.29 is 19.0 Å². The molecule has 3 heterocycles. The van der Waals surface area contributed by atoms with E-state index in [9.17, 15) is 4.79 Å². The van der Waals surface area contributed by atoms with Gasteiger partial charge in [0, 0.05) is 44.9 Å². The Balaban J connectivity index is 2.04. The first kappa shape index (κ1) is 24.6. The van der Waals surface area contributed by atoms with Gasteiger partial charge in [0.1, 0.15) is 5.75 Å². The number of aromatic nitrogens is 2. The Morgan fingerprint density at radius 2 is 1.88 bits per heavy atom. The van der Waals surface area contributed by atoms with Gasteiger partial charge in [-0.25, -0.2) is 4.79 Å². The van der Waals surface area contributed by atoms with Crippen molar-refractivity contribution in [1.82, 2.24) is 9.97 Å². The highest BCUT2D eigenvalue weighted by molar-refractivity contribution is 9.10. The van der Waals surface area contributed by atoms with Crippen LogP contribution in [-0.2, 0) is 20.7 Å². The average molecular weight is 527 g/mol. The summed E-state index contributed by atoms with van der Waals surface area (Å²) in [5.74, 6) is 0.390. The first-order chi connectivity index (χ1) is 16.0. The van der Waals surface area contributed by atoms with E-state index in [1.807, 2.05) is 72.9 Å². The van der Waals surface area contributed by atoms with Gasteiger partial charge < -0.3 is 14.2 Å². The molecule has 0 bridgehead atoms. The molecule has 0 radical (unpaired) electrons. The SMILES string of the molecule is Cc1nc(C)c([C@H](OC(C)(C)C)C(=O)OC(C)C)c(-c2ccc3c4c(ccnc24)CCO3)c1Br. The van der Waals surface area contributed by atoms with Crippen molar-refractivity contribution in [3.63, 3.8) is 0 Å². The third-order valence-corrected chi connectivity index (χ3v) is 6.64. The standard InChI is InChI=1S/C27H31BrN2O4/c1-14(2)33-26(31)25(34-27(5,6)7)20-15(3)30-16(4)23(28)22(20)18-8-9-19-21-17(11-13-32-19)10-12-29-24(18)21/h8-10,12,14,25H,11,13H2,1-7H3/t25-/m0/s1. The maximum Gasteiger partial charge on any atom is 0.340 e. The summed E-state index contributed by atoms with van der Waals surface area (Å²) in [5.41, 5.74) is 5.37. The highest BCUT2D eigenvalue weighted by Crippen LogP contribution is 2.45. The molecule has 2 aromatic heterocycles. The Bertz CT molecular complexity index is 1250. The van der Waals surface area contributed by atoms with Crippen molar-refractivity contribution in [2.24, 2.45) is 0 Å². The predicted octanol–water partition coefficient (Wildman–Crippen LogP) is 6.42. The summed E-state index contributed by atoms with van der Waals surface area (Å²) in [6, 6.07) is 6.03. The van der Waals surface area contributed by atoms with Gasteiger partial charge in [-0.1, -0.05) is 0 Å². The van der Waals surface area contributed by atoms with Crippen molar-refractivity contribution in [3.05, 3.63) is 51.4 Å². The fourth-order valence-corrected chi connectivity index (χ4v) is 4.92. The van der Waals surface area contributed by atoms with Crippen LogP contribution in [0.4, 0.5) is 0 Å². The first-order valence-electron chi connectivity index (χ1n) is 11.6. The minimum atomic E-state index is -0.955. The van der Waals surface area contributed by atoms with Gasteiger partial charge in [-0.05, 0) is 88.2 Å². The van der Waals surface area contributed by atoms with Crippen molar-refractivity contribution in [3.8, 4) is 16.9 Å². The number of hydrogen-bond acceptors (Lipinski definition) is 6. The third kappa shape index (κ3) is 4.68. The Labute approximate surface area is 209 Å². The van der Waals surface area contributed by atoms with Crippen LogP contribution in [0.15, 0.2) is 28.9 Å². The van der Waals surface area contributed by atoms with Crippen molar-refractivity contribution in [2.75, 3.05) is 6.61 Å². The molecule has 0 aliphatic carbocycles. The molecule has 1 aliphatic heterocycles. The zero-order chi connectivity index (χ0) is 24.8. The van der Waals surface area contributed by atoms with Gasteiger partial charge in [-0.15, -0.1) is 0 Å². The molecule has 0 saturated heterocycles. The van der Waals surface area contributed by atoms with Crippen LogP contribution in [-0.4, -0.2) is 34.2 Å². The number of carbonyl (C=O) groups excluding carboxylic acids is 1. The van der Waals surface area contributed by atoms with E-state index in [-0.39, 0.29) is 6.10 Å². The second-order valence-electron chi connectivity index (χ2n) is 9.88. The molecule has 0 fully saturated rings.